The van der Waals surface area contributed by atoms with Crippen LogP contribution >= 0.6 is 0 Å². The van der Waals surface area contributed by atoms with Crippen LogP contribution in [0, 0.1) is 12.3 Å². The molecule has 1 spiro atoms. The fourth-order valence-corrected chi connectivity index (χ4v) is 4.61. The molecule has 4 heterocycles. The van der Waals surface area contributed by atoms with Crippen LogP contribution < -0.4 is 10.2 Å². The third kappa shape index (κ3) is 4.83. The lowest BCUT2D eigenvalue weighted by Crippen LogP contribution is -2.62. The van der Waals surface area contributed by atoms with Crippen LogP contribution in [0.5, 0.6) is 0 Å². The second-order valence-electron chi connectivity index (χ2n) is 8.61. The van der Waals surface area contributed by atoms with Crippen LogP contribution in [0.4, 0.5) is 5.95 Å². The van der Waals surface area contributed by atoms with E-state index in [1.165, 1.54) is 0 Å². The fraction of sp³-hybridized carbons (Fsp3) is 0.667. The number of rotatable bonds is 2. The average Bonchev–Trinajstić information content (AvgIpc) is 2.78. The molecular weight excluding hydrogens is 416 g/mol. The van der Waals surface area contributed by atoms with Gasteiger partial charge in [0.05, 0.1) is 22.8 Å². The zero-order chi connectivity index (χ0) is 23.3. The van der Waals surface area contributed by atoms with Gasteiger partial charge in [0.2, 0.25) is 11.9 Å². The first kappa shape index (κ1) is 23.9. The molecule has 1 aromatic heterocycles. The normalized spacial score (nSPS) is 26.2. The summed E-state index contributed by atoms with van der Waals surface area (Å²) in [6.07, 6.45) is 2.70. The van der Waals surface area contributed by atoms with Crippen molar-refractivity contribution < 1.29 is 24.6 Å². The standard InChI is InChI=1S/C20H30N6O3.CH2O2/c1-14-15(12-22-19(23-14)25-10-8-24(2)9-11-25)17(28)26-7-4-16(27)20(13-26)5-3-6-21-18(20)29;2-1-3/h12,16,27H,3-11,13H2,1-2H3,(H,21,29);1H,(H,2,3)/t16-,20+;/m0./s1. The van der Waals surface area contributed by atoms with Crippen molar-refractivity contribution >= 4 is 24.2 Å². The number of carbonyl (C=O) groups excluding carboxylic acids is 2. The number of piperazine rings is 1. The number of anilines is 1. The number of nitrogens with one attached hydrogen (secondary N) is 1. The van der Waals surface area contributed by atoms with E-state index in [9.17, 15) is 14.7 Å². The Bertz CT molecular complexity index is 844. The van der Waals surface area contributed by atoms with Crippen LogP contribution in [0.3, 0.4) is 0 Å². The second-order valence-corrected chi connectivity index (χ2v) is 8.61. The van der Waals surface area contributed by atoms with E-state index < -0.39 is 11.5 Å². The predicted octanol–water partition coefficient (Wildman–Crippen LogP) is -0.659. The second kappa shape index (κ2) is 10.2. The van der Waals surface area contributed by atoms with Gasteiger partial charge in [-0.15, -0.1) is 0 Å². The molecule has 0 saturated carbocycles. The lowest BCUT2D eigenvalue weighted by molar-refractivity contribution is -0.147. The van der Waals surface area contributed by atoms with Crippen LogP contribution in [0.1, 0.15) is 35.3 Å². The first-order chi connectivity index (χ1) is 15.3. The first-order valence-corrected chi connectivity index (χ1v) is 10.9. The molecule has 0 bridgehead atoms. The zero-order valence-electron chi connectivity index (χ0n) is 18.7. The molecule has 0 unspecified atom stereocenters. The molecule has 32 heavy (non-hydrogen) atoms. The summed E-state index contributed by atoms with van der Waals surface area (Å²) < 4.78 is 0. The van der Waals surface area contributed by atoms with E-state index in [1.54, 1.807) is 11.1 Å². The molecule has 0 radical (unpaired) electrons. The van der Waals surface area contributed by atoms with E-state index in [0.717, 1.165) is 32.6 Å². The summed E-state index contributed by atoms with van der Waals surface area (Å²) in [5, 5.41) is 20.3. The van der Waals surface area contributed by atoms with Gasteiger partial charge < -0.3 is 30.2 Å². The van der Waals surface area contributed by atoms with Crippen molar-refractivity contribution in [3.8, 4) is 0 Å². The van der Waals surface area contributed by atoms with Gasteiger partial charge in [-0.2, -0.15) is 0 Å². The van der Waals surface area contributed by atoms with Gasteiger partial charge in [-0.3, -0.25) is 14.4 Å². The minimum atomic E-state index is -0.902. The predicted molar refractivity (Wildman–Crippen MR) is 116 cm³/mol. The zero-order valence-corrected chi connectivity index (χ0v) is 18.7. The molecule has 3 saturated heterocycles. The molecule has 3 aliphatic heterocycles. The third-order valence-corrected chi connectivity index (χ3v) is 6.59. The highest BCUT2D eigenvalue weighted by Crippen LogP contribution is 2.37. The number of hydrogen-bond donors (Lipinski definition) is 3. The summed E-state index contributed by atoms with van der Waals surface area (Å²) in [5.41, 5.74) is 0.207. The number of aromatic nitrogens is 2. The quantitative estimate of drug-likeness (QED) is 0.503. The molecule has 3 N–H and O–H groups in total. The van der Waals surface area contributed by atoms with E-state index >= 15 is 0 Å². The number of aryl methyl sites for hydroxylation is 1. The molecule has 2 atom stereocenters. The van der Waals surface area contributed by atoms with E-state index in [2.05, 4.69) is 32.1 Å². The van der Waals surface area contributed by atoms with Crippen LogP contribution in [0.15, 0.2) is 6.20 Å². The van der Waals surface area contributed by atoms with Crippen LogP contribution in [-0.2, 0) is 9.59 Å². The minimum Gasteiger partial charge on any atom is -0.483 e. The Morgan fingerprint density at radius 2 is 1.97 bits per heavy atom. The van der Waals surface area contributed by atoms with Crippen LogP contribution in [0.25, 0.3) is 0 Å². The Balaban J connectivity index is 0.000000913. The fourth-order valence-electron chi connectivity index (χ4n) is 4.61. The van der Waals surface area contributed by atoms with Gasteiger partial charge in [0.15, 0.2) is 0 Å². The van der Waals surface area contributed by atoms with Crippen molar-refractivity contribution in [3.63, 3.8) is 0 Å². The van der Waals surface area contributed by atoms with E-state index in [4.69, 9.17) is 9.90 Å². The maximum atomic E-state index is 13.2. The van der Waals surface area contributed by atoms with E-state index in [0.29, 0.717) is 43.1 Å². The monoisotopic (exact) mass is 448 g/mol. The van der Waals surface area contributed by atoms with E-state index in [-0.39, 0.29) is 24.8 Å². The Morgan fingerprint density at radius 1 is 1.28 bits per heavy atom. The molecule has 2 amide bonds. The van der Waals surface area contributed by atoms with Crippen molar-refractivity contribution in [1.29, 1.82) is 0 Å². The number of piperidine rings is 2. The molecule has 11 nitrogen and oxygen atoms in total. The smallest absolute Gasteiger partial charge is 0.290 e. The topological polar surface area (TPSA) is 139 Å². The van der Waals surface area contributed by atoms with Crippen LogP contribution in [-0.4, -0.2) is 107 Å². The van der Waals surface area contributed by atoms with Crippen molar-refractivity contribution in [2.24, 2.45) is 5.41 Å². The highest BCUT2D eigenvalue weighted by molar-refractivity contribution is 5.96. The number of aliphatic hydroxyl groups is 1. The van der Waals surface area contributed by atoms with Crippen molar-refractivity contribution in [2.45, 2.75) is 32.3 Å². The molecule has 0 aliphatic carbocycles. The molecule has 11 heteroatoms. The van der Waals surface area contributed by atoms with Gasteiger partial charge in [-0.1, -0.05) is 0 Å². The van der Waals surface area contributed by atoms with Crippen molar-refractivity contribution in [3.05, 3.63) is 17.5 Å². The van der Waals surface area contributed by atoms with Gasteiger partial charge in [0.25, 0.3) is 12.4 Å². The summed E-state index contributed by atoms with van der Waals surface area (Å²) >= 11 is 0. The molecule has 3 aliphatic rings. The summed E-state index contributed by atoms with van der Waals surface area (Å²) in [6.45, 7) is 6.52. The number of amides is 2. The minimum absolute atomic E-state index is 0.146. The maximum absolute atomic E-state index is 13.2. The van der Waals surface area contributed by atoms with Crippen LogP contribution in [0.2, 0.25) is 0 Å². The highest BCUT2D eigenvalue weighted by atomic mass is 16.3. The van der Waals surface area contributed by atoms with E-state index in [1.807, 2.05) is 6.92 Å². The molecule has 3 fully saturated rings. The Morgan fingerprint density at radius 3 is 2.59 bits per heavy atom. The Kier molecular flexibility index (Phi) is 7.62. The molecule has 0 aromatic carbocycles. The summed E-state index contributed by atoms with van der Waals surface area (Å²) in [6, 6.07) is 0. The molecule has 176 valence electrons. The number of hydrogen-bond acceptors (Lipinski definition) is 8. The molecule has 4 rings (SSSR count). The number of likely N-dealkylation sites (tertiary alicyclic amines) is 1. The van der Waals surface area contributed by atoms with Gasteiger partial charge in [-0.05, 0) is 33.2 Å². The van der Waals surface area contributed by atoms with Crippen molar-refractivity contribution in [2.75, 3.05) is 57.8 Å². The summed E-state index contributed by atoms with van der Waals surface area (Å²) in [5.74, 6) is 0.341. The van der Waals surface area contributed by atoms with Gasteiger partial charge in [-0.25, -0.2) is 9.97 Å². The molecule has 1 aromatic rings. The summed E-state index contributed by atoms with van der Waals surface area (Å²) in [4.78, 5) is 49.3. The van der Waals surface area contributed by atoms with Gasteiger partial charge in [0, 0.05) is 52.0 Å². The number of likely N-dealkylation sites (N-methyl/N-ethyl adjacent to an activating group) is 1. The maximum Gasteiger partial charge on any atom is 0.290 e. The number of carboxylic acid groups (broad SMARTS) is 1. The first-order valence-electron chi connectivity index (χ1n) is 10.9. The highest BCUT2D eigenvalue weighted by Gasteiger charge is 2.50. The Labute approximate surface area is 187 Å². The number of carbonyl (C=O) groups is 3. The molecular formula is C21H32N6O5. The number of aliphatic hydroxyl groups excluding tert-OH is 1. The van der Waals surface area contributed by atoms with Crippen molar-refractivity contribution in [1.82, 2.24) is 25.1 Å². The Hall–Kier alpha value is -2.79. The summed E-state index contributed by atoms with van der Waals surface area (Å²) in [7, 11) is 2.10. The largest absolute Gasteiger partial charge is 0.483 e. The van der Waals surface area contributed by atoms with Gasteiger partial charge in [0.1, 0.15) is 0 Å². The lowest BCUT2D eigenvalue weighted by atomic mass is 9.71. The average molecular weight is 449 g/mol. The lowest BCUT2D eigenvalue weighted by Gasteiger charge is -2.46. The third-order valence-electron chi connectivity index (χ3n) is 6.59. The number of nitrogens with zero attached hydrogens (tertiary/aromatic N) is 5. The van der Waals surface area contributed by atoms with Gasteiger partial charge >= 0.3 is 0 Å². The SMILES string of the molecule is Cc1nc(N2CCN(C)CC2)ncc1C(=O)N1CC[C@H](O)[C@@]2(CCCNC2=O)C1.O=CO.